The van der Waals surface area contributed by atoms with Gasteiger partial charge in [-0.2, -0.15) is 0 Å². The van der Waals surface area contributed by atoms with E-state index in [9.17, 15) is 9.59 Å². The van der Waals surface area contributed by atoms with Crippen LogP contribution >= 0.6 is 0 Å². The summed E-state index contributed by atoms with van der Waals surface area (Å²) in [6.45, 7) is 0.0747. The third kappa shape index (κ3) is 4.07. The number of carbonyl (C=O) groups excluding carboxylic acids is 2. The van der Waals surface area contributed by atoms with Gasteiger partial charge in [-0.15, -0.1) is 10.2 Å². The highest BCUT2D eigenvalue weighted by molar-refractivity contribution is 5.91. The molecule has 4 aromatic rings. The van der Waals surface area contributed by atoms with Gasteiger partial charge in [-0.1, -0.05) is 18.2 Å². The standard InChI is InChI=1S/C22H20N4O4/c1-25(11-15-3-4-17-10-19(29-2)7-5-16(17)9-15)21(27)13-30-22(28)18-6-8-20-24-23-14-26(20)12-18/h3-10,12,14H,11,13H2,1-2H3. The van der Waals surface area contributed by atoms with Gasteiger partial charge >= 0.3 is 5.97 Å². The van der Waals surface area contributed by atoms with E-state index in [0.29, 0.717) is 17.8 Å². The smallest absolute Gasteiger partial charge is 0.340 e. The number of amides is 1. The van der Waals surface area contributed by atoms with Gasteiger partial charge in [-0.05, 0) is 46.7 Å². The van der Waals surface area contributed by atoms with Crippen molar-refractivity contribution in [2.45, 2.75) is 6.54 Å². The first-order chi connectivity index (χ1) is 14.5. The van der Waals surface area contributed by atoms with Crippen molar-refractivity contribution >= 4 is 28.3 Å². The summed E-state index contributed by atoms with van der Waals surface area (Å²) in [5, 5.41) is 9.76. The number of pyridine rings is 1. The summed E-state index contributed by atoms with van der Waals surface area (Å²) < 4.78 is 12.0. The van der Waals surface area contributed by atoms with Crippen LogP contribution in [0.5, 0.6) is 5.75 Å². The van der Waals surface area contributed by atoms with Gasteiger partial charge < -0.3 is 14.4 Å². The Morgan fingerprint density at radius 2 is 1.87 bits per heavy atom. The largest absolute Gasteiger partial charge is 0.497 e. The molecule has 0 spiro atoms. The summed E-state index contributed by atoms with van der Waals surface area (Å²) in [5.41, 5.74) is 1.92. The van der Waals surface area contributed by atoms with E-state index in [1.807, 2.05) is 36.4 Å². The lowest BCUT2D eigenvalue weighted by Gasteiger charge is -2.17. The molecule has 0 aliphatic heterocycles. The van der Waals surface area contributed by atoms with Crippen LogP contribution in [0.4, 0.5) is 0 Å². The fourth-order valence-corrected chi connectivity index (χ4v) is 3.13. The number of methoxy groups -OCH3 is 1. The van der Waals surface area contributed by atoms with Gasteiger partial charge in [0.05, 0.1) is 12.7 Å². The second-order valence-electron chi connectivity index (χ2n) is 6.89. The van der Waals surface area contributed by atoms with Crippen LogP contribution in [0.3, 0.4) is 0 Å². The molecule has 0 saturated carbocycles. The molecule has 0 fully saturated rings. The number of ether oxygens (including phenoxy) is 2. The molecule has 2 heterocycles. The summed E-state index contributed by atoms with van der Waals surface area (Å²) in [7, 11) is 3.31. The third-order valence-electron chi connectivity index (χ3n) is 4.81. The first-order valence-corrected chi connectivity index (χ1v) is 9.30. The molecule has 8 heteroatoms. The van der Waals surface area contributed by atoms with Crippen LogP contribution in [0, 0.1) is 0 Å². The number of aromatic nitrogens is 3. The molecule has 4 rings (SSSR count). The van der Waals surface area contributed by atoms with E-state index in [2.05, 4.69) is 10.2 Å². The van der Waals surface area contributed by atoms with Crippen LogP contribution in [0.2, 0.25) is 0 Å². The van der Waals surface area contributed by atoms with E-state index in [1.54, 1.807) is 36.9 Å². The average molecular weight is 404 g/mol. The van der Waals surface area contributed by atoms with Gasteiger partial charge in [0.15, 0.2) is 12.3 Å². The SMILES string of the molecule is COc1ccc2cc(CN(C)C(=O)COC(=O)c3ccc4nncn4c3)ccc2c1. The molecular formula is C22H20N4O4. The van der Waals surface area contributed by atoms with Crippen LogP contribution < -0.4 is 4.74 Å². The maximum atomic E-state index is 12.4. The molecule has 0 N–H and O–H groups in total. The van der Waals surface area contributed by atoms with Crippen molar-refractivity contribution in [3.63, 3.8) is 0 Å². The van der Waals surface area contributed by atoms with Crippen molar-refractivity contribution in [1.82, 2.24) is 19.5 Å². The van der Waals surface area contributed by atoms with Crippen molar-refractivity contribution in [1.29, 1.82) is 0 Å². The van der Waals surface area contributed by atoms with Gasteiger partial charge in [-0.3, -0.25) is 9.20 Å². The van der Waals surface area contributed by atoms with E-state index >= 15 is 0 Å². The van der Waals surface area contributed by atoms with Crippen molar-refractivity contribution in [2.75, 3.05) is 20.8 Å². The quantitative estimate of drug-likeness (QED) is 0.459. The van der Waals surface area contributed by atoms with Crippen LogP contribution in [0.25, 0.3) is 16.4 Å². The van der Waals surface area contributed by atoms with Crippen LogP contribution in [0.1, 0.15) is 15.9 Å². The Balaban J connectivity index is 1.36. The Kier molecular flexibility index (Phi) is 5.30. The summed E-state index contributed by atoms with van der Waals surface area (Å²) in [6.07, 6.45) is 3.06. The van der Waals surface area contributed by atoms with Gasteiger partial charge in [0.1, 0.15) is 12.1 Å². The molecule has 0 aliphatic carbocycles. The predicted molar refractivity (Wildman–Crippen MR) is 110 cm³/mol. The average Bonchev–Trinajstić information content (AvgIpc) is 3.24. The number of likely N-dealkylation sites (N-methyl/N-ethyl adjacent to an activating group) is 1. The lowest BCUT2D eigenvalue weighted by Crippen LogP contribution is -2.30. The Bertz CT molecular complexity index is 1230. The molecule has 1 amide bonds. The zero-order valence-corrected chi connectivity index (χ0v) is 16.6. The number of rotatable bonds is 6. The van der Waals surface area contributed by atoms with E-state index < -0.39 is 5.97 Å². The summed E-state index contributed by atoms with van der Waals surface area (Å²) >= 11 is 0. The maximum absolute atomic E-state index is 12.4. The van der Waals surface area contributed by atoms with Gasteiger partial charge in [-0.25, -0.2) is 4.79 Å². The van der Waals surface area contributed by atoms with E-state index in [1.165, 1.54) is 11.2 Å². The molecule has 2 aromatic carbocycles. The lowest BCUT2D eigenvalue weighted by molar-refractivity contribution is -0.133. The number of nitrogens with zero attached hydrogens (tertiary/aromatic N) is 4. The van der Waals surface area contributed by atoms with E-state index in [-0.39, 0.29) is 12.5 Å². The second kappa shape index (κ2) is 8.20. The minimum atomic E-state index is -0.577. The Morgan fingerprint density at radius 3 is 2.70 bits per heavy atom. The molecule has 152 valence electrons. The fourth-order valence-electron chi connectivity index (χ4n) is 3.13. The number of esters is 1. The zero-order valence-electron chi connectivity index (χ0n) is 16.6. The Hall–Kier alpha value is -3.94. The molecule has 0 unspecified atom stereocenters. The molecule has 0 atom stereocenters. The molecule has 2 aromatic heterocycles. The van der Waals surface area contributed by atoms with Crippen LogP contribution in [-0.4, -0.2) is 52.1 Å². The minimum absolute atomic E-state index is 0.288. The number of carbonyl (C=O) groups is 2. The normalized spacial score (nSPS) is 10.9. The molecule has 8 nitrogen and oxygen atoms in total. The highest BCUT2D eigenvalue weighted by Gasteiger charge is 2.15. The fraction of sp³-hybridized carbons (Fsp3) is 0.182. The molecule has 30 heavy (non-hydrogen) atoms. The summed E-state index contributed by atoms with van der Waals surface area (Å²) in [6, 6.07) is 15.1. The van der Waals surface area contributed by atoms with Gasteiger partial charge in [0, 0.05) is 19.8 Å². The van der Waals surface area contributed by atoms with Crippen LogP contribution in [-0.2, 0) is 16.1 Å². The summed E-state index contributed by atoms with van der Waals surface area (Å²) in [4.78, 5) is 26.2. The maximum Gasteiger partial charge on any atom is 0.340 e. The number of benzene rings is 2. The first kappa shape index (κ1) is 19.4. The van der Waals surface area contributed by atoms with Crippen molar-refractivity contribution < 1.29 is 19.1 Å². The van der Waals surface area contributed by atoms with Gasteiger partial charge in [0.2, 0.25) is 0 Å². The highest BCUT2D eigenvalue weighted by Crippen LogP contribution is 2.22. The van der Waals surface area contributed by atoms with Crippen LogP contribution in [0.15, 0.2) is 61.1 Å². The van der Waals surface area contributed by atoms with Crippen molar-refractivity contribution in [3.05, 3.63) is 72.2 Å². The lowest BCUT2D eigenvalue weighted by atomic mass is 10.1. The highest BCUT2D eigenvalue weighted by atomic mass is 16.5. The third-order valence-corrected chi connectivity index (χ3v) is 4.81. The summed E-state index contributed by atoms with van der Waals surface area (Å²) in [5.74, 6) is -0.0663. The topological polar surface area (TPSA) is 86.0 Å². The molecular weight excluding hydrogens is 384 g/mol. The second-order valence-corrected chi connectivity index (χ2v) is 6.89. The minimum Gasteiger partial charge on any atom is -0.497 e. The van der Waals surface area contributed by atoms with Crippen molar-refractivity contribution in [2.24, 2.45) is 0 Å². The molecule has 0 saturated heterocycles. The number of hydrogen-bond donors (Lipinski definition) is 0. The monoisotopic (exact) mass is 404 g/mol. The van der Waals surface area contributed by atoms with E-state index in [4.69, 9.17) is 9.47 Å². The van der Waals surface area contributed by atoms with Crippen molar-refractivity contribution in [3.8, 4) is 5.75 Å². The Labute approximate surface area is 172 Å². The molecule has 0 radical (unpaired) electrons. The first-order valence-electron chi connectivity index (χ1n) is 9.30. The Morgan fingerprint density at radius 1 is 1.07 bits per heavy atom. The number of fused-ring (bicyclic) bond motifs is 2. The van der Waals surface area contributed by atoms with Gasteiger partial charge in [0.25, 0.3) is 5.91 Å². The zero-order chi connectivity index (χ0) is 21.1. The predicted octanol–water partition coefficient (Wildman–Crippen LogP) is 2.71. The molecule has 0 bridgehead atoms. The van der Waals surface area contributed by atoms with E-state index in [0.717, 1.165) is 22.1 Å². The number of hydrogen-bond acceptors (Lipinski definition) is 6. The molecule has 0 aliphatic rings.